The Labute approximate surface area is 94.7 Å². The molecule has 84 valence electrons. The molecule has 0 aliphatic heterocycles. The summed E-state index contributed by atoms with van der Waals surface area (Å²) in [6.07, 6.45) is 1.01. The SMILES string of the molecule is CC(NCCCBr)C(=O)OC(C)(C)C. The highest BCUT2D eigenvalue weighted by molar-refractivity contribution is 9.09. The highest BCUT2D eigenvalue weighted by atomic mass is 79.9. The lowest BCUT2D eigenvalue weighted by Gasteiger charge is -2.22. The summed E-state index contributed by atoms with van der Waals surface area (Å²) in [7, 11) is 0. The van der Waals surface area contributed by atoms with Gasteiger partial charge in [-0.2, -0.15) is 0 Å². The average molecular weight is 266 g/mol. The van der Waals surface area contributed by atoms with Gasteiger partial charge in [-0.1, -0.05) is 15.9 Å². The molecule has 0 saturated heterocycles. The molecule has 0 aromatic heterocycles. The number of carbonyl (C=O) groups excluding carboxylic acids is 1. The molecule has 0 spiro atoms. The van der Waals surface area contributed by atoms with Gasteiger partial charge in [-0.05, 0) is 40.7 Å². The number of nitrogens with one attached hydrogen (secondary N) is 1. The zero-order chi connectivity index (χ0) is 11.2. The van der Waals surface area contributed by atoms with E-state index < -0.39 is 5.60 Å². The van der Waals surface area contributed by atoms with Gasteiger partial charge in [0.05, 0.1) is 0 Å². The first-order valence-electron chi connectivity index (χ1n) is 4.89. The topological polar surface area (TPSA) is 38.3 Å². The number of hydrogen-bond donors (Lipinski definition) is 1. The van der Waals surface area contributed by atoms with E-state index in [-0.39, 0.29) is 12.0 Å². The quantitative estimate of drug-likeness (QED) is 0.470. The summed E-state index contributed by atoms with van der Waals surface area (Å²) < 4.78 is 5.22. The van der Waals surface area contributed by atoms with E-state index >= 15 is 0 Å². The Morgan fingerprint density at radius 1 is 1.50 bits per heavy atom. The molecule has 0 aromatic carbocycles. The maximum atomic E-state index is 11.5. The van der Waals surface area contributed by atoms with E-state index in [0.717, 1.165) is 18.3 Å². The molecule has 0 aliphatic carbocycles. The Kier molecular flexibility index (Phi) is 6.36. The minimum atomic E-state index is -0.400. The predicted molar refractivity (Wildman–Crippen MR) is 61.7 cm³/mol. The number of ether oxygens (including phenoxy) is 1. The molecule has 0 radical (unpaired) electrons. The van der Waals surface area contributed by atoms with Gasteiger partial charge in [0.15, 0.2) is 0 Å². The van der Waals surface area contributed by atoms with Gasteiger partial charge in [0.25, 0.3) is 0 Å². The van der Waals surface area contributed by atoms with E-state index in [1.165, 1.54) is 0 Å². The highest BCUT2D eigenvalue weighted by Crippen LogP contribution is 2.08. The lowest BCUT2D eigenvalue weighted by Crippen LogP contribution is -2.39. The van der Waals surface area contributed by atoms with Gasteiger partial charge in [0.1, 0.15) is 11.6 Å². The smallest absolute Gasteiger partial charge is 0.323 e. The largest absolute Gasteiger partial charge is 0.459 e. The van der Waals surface area contributed by atoms with Crippen molar-refractivity contribution in [2.24, 2.45) is 0 Å². The van der Waals surface area contributed by atoms with Crippen LogP contribution < -0.4 is 5.32 Å². The minimum absolute atomic E-state index is 0.188. The van der Waals surface area contributed by atoms with Gasteiger partial charge in [-0.3, -0.25) is 4.79 Å². The molecule has 3 nitrogen and oxygen atoms in total. The van der Waals surface area contributed by atoms with E-state index in [4.69, 9.17) is 4.74 Å². The average Bonchev–Trinajstić information content (AvgIpc) is 2.01. The zero-order valence-electron chi connectivity index (χ0n) is 9.39. The molecular formula is C10H20BrNO2. The second kappa shape index (κ2) is 6.40. The predicted octanol–water partition coefficient (Wildman–Crippen LogP) is 2.09. The Morgan fingerprint density at radius 2 is 2.07 bits per heavy atom. The molecular weight excluding hydrogens is 246 g/mol. The number of esters is 1. The Balaban J connectivity index is 3.77. The minimum Gasteiger partial charge on any atom is -0.459 e. The van der Waals surface area contributed by atoms with Gasteiger partial charge in [0, 0.05) is 5.33 Å². The lowest BCUT2D eigenvalue weighted by atomic mass is 10.2. The van der Waals surface area contributed by atoms with Crippen molar-refractivity contribution in [2.75, 3.05) is 11.9 Å². The summed E-state index contributed by atoms with van der Waals surface area (Å²) >= 11 is 3.33. The first kappa shape index (κ1) is 13.9. The molecule has 0 heterocycles. The van der Waals surface area contributed by atoms with Crippen molar-refractivity contribution in [1.29, 1.82) is 0 Å². The van der Waals surface area contributed by atoms with Crippen molar-refractivity contribution in [2.45, 2.75) is 45.8 Å². The first-order valence-corrected chi connectivity index (χ1v) is 6.01. The van der Waals surface area contributed by atoms with Crippen LogP contribution in [0, 0.1) is 0 Å². The van der Waals surface area contributed by atoms with Crippen LogP contribution in [0.2, 0.25) is 0 Å². The molecule has 1 N–H and O–H groups in total. The van der Waals surface area contributed by atoms with Crippen LogP contribution in [0.5, 0.6) is 0 Å². The Morgan fingerprint density at radius 3 is 2.50 bits per heavy atom. The normalized spacial score (nSPS) is 13.8. The standard InChI is InChI=1S/C10H20BrNO2/c1-8(12-7-5-6-11)9(13)14-10(2,3)4/h8,12H,5-7H2,1-4H3. The van der Waals surface area contributed by atoms with Crippen molar-refractivity contribution in [3.8, 4) is 0 Å². The van der Waals surface area contributed by atoms with Gasteiger partial charge in [-0.25, -0.2) is 0 Å². The number of halogens is 1. The van der Waals surface area contributed by atoms with Crippen molar-refractivity contribution in [3.05, 3.63) is 0 Å². The van der Waals surface area contributed by atoms with E-state index in [1.54, 1.807) is 0 Å². The van der Waals surface area contributed by atoms with Crippen LogP contribution >= 0.6 is 15.9 Å². The van der Waals surface area contributed by atoms with E-state index in [9.17, 15) is 4.79 Å². The molecule has 0 fully saturated rings. The summed E-state index contributed by atoms with van der Waals surface area (Å²) in [4.78, 5) is 11.5. The summed E-state index contributed by atoms with van der Waals surface area (Å²) in [6, 6.07) is -0.228. The van der Waals surface area contributed by atoms with Crippen LogP contribution in [-0.4, -0.2) is 29.5 Å². The van der Waals surface area contributed by atoms with Crippen LogP contribution in [0.15, 0.2) is 0 Å². The second-order valence-electron chi connectivity index (χ2n) is 4.25. The third-order valence-corrected chi connectivity index (χ3v) is 2.08. The number of alkyl halides is 1. The molecule has 0 saturated carbocycles. The molecule has 14 heavy (non-hydrogen) atoms. The van der Waals surface area contributed by atoms with Gasteiger partial charge < -0.3 is 10.1 Å². The summed E-state index contributed by atoms with van der Waals surface area (Å²) in [5, 5.41) is 4.05. The van der Waals surface area contributed by atoms with Gasteiger partial charge in [-0.15, -0.1) is 0 Å². The van der Waals surface area contributed by atoms with E-state index in [2.05, 4.69) is 21.2 Å². The van der Waals surface area contributed by atoms with Crippen molar-refractivity contribution in [1.82, 2.24) is 5.32 Å². The van der Waals surface area contributed by atoms with E-state index in [0.29, 0.717) is 0 Å². The molecule has 0 rings (SSSR count). The van der Waals surface area contributed by atoms with Crippen molar-refractivity contribution >= 4 is 21.9 Å². The summed E-state index contributed by atoms with van der Waals surface area (Å²) in [5.41, 5.74) is -0.400. The van der Waals surface area contributed by atoms with Crippen molar-refractivity contribution < 1.29 is 9.53 Å². The Hall–Kier alpha value is -0.0900. The fourth-order valence-corrected chi connectivity index (χ4v) is 1.14. The molecule has 4 heteroatoms. The first-order chi connectivity index (χ1) is 6.37. The molecule has 1 unspecified atom stereocenters. The molecule has 0 bridgehead atoms. The van der Waals surface area contributed by atoms with Crippen LogP contribution in [0.1, 0.15) is 34.1 Å². The van der Waals surface area contributed by atoms with Crippen LogP contribution in [-0.2, 0) is 9.53 Å². The van der Waals surface area contributed by atoms with Gasteiger partial charge >= 0.3 is 5.97 Å². The number of hydrogen-bond acceptors (Lipinski definition) is 3. The van der Waals surface area contributed by atoms with Crippen LogP contribution in [0.25, 0.3) is 0 Å². The third kappa shape index (κ3) is 7.33. The Bertz CT molecular complexity index is 177. The van der Waals surface area contributed by atoms with Crippen molar-refractivity contribution in [3.63, 3.8) is 0 Å². The molecule has 1 atom stereocenters. The van der Waals surface area contributed by atoms with Crippen LogP contribution in [0.3, 0.4) is 0 Å². The maximum Gasteiger partial charge on any atom is 0.323 e. The van der Waals surface area contributed by atoms with E-state index in [1.807, 2.05) is 27.7 Å². The van der Waals surface area contributed by atoms with Gasteiger partial charge in [0.2, 0.25) is 0 Å². The van der Waals surface area contributed by atoms with Crippen LogP contribution in [0.4, 0.5) is 0 Å². The zero-order valence-corrected chi connectivity index (χ0v) is 11.0. The molecule has 0 amide bonds. The third-order valence-electron chi connectivity index (χ3n) is 1.52. The lowest BCUT2D eigenvalue weighted by molar-refractivity contribution is -0.156. The fraction of sp³-hybridized carbons (Fsp3) is 0.900. The fourth-order valence-electron chi connectivity index (χ4n) is 0.859. The highest BCUT2D eigenvalue weighted by Gasteiger charge is 2.20. The second-order valence-corrected chi connectivity index (χ2v) is 5.04. The monoisotopic (exact) mass is 265 g/mol. The molecule has 0 aromatic rings. The number of carbonyl (C=O) groups is 1. The number of rotatable bonds is 5. The summed E-state index contributed by atoms with van der Waals surface area (Å²) in [6.45, 7) is 8.26. The maximum absolute atomic E-state index is 11.5. The summed E-state index contributed by atoms with van der Waals surface area (Å²) in [5.74, 6) is -0.188. The molecule has 0 aliphatic rings.